The lowest BCUT2D eigenvalue weighted by Crippen LogP contribution is -2.26. The molecule has 0 aliphatic carbocycles. The van der Waals surface area contributed by atoms with Gasteiger partial charge in [-0.25, -0.2) is 4.98 Å². The Morgan fingerprint density at radius 2 is 2.17 bits per heavy atom. The van der Waals surface area contributed by atoms with Gasteiger partial charge >= 0.3 is 0 Å². The molecule has 0 spiro atoms. The number of carbonyl (C=O) groups is 1. The summed E-state index contributed by atoms with van der Waals surface area (Å²) in [6.07, 6.45) is 2.82. The van der Waals surface area contributed by atoms with E-state index in [1.165, 1.54) is 18.9 Å². The molecule has 3 rings (SSSR count). The van der Waals surface area contributed by atoms with Crippen LogP contribution in [0.25, 0.3) is 0 Å². The molecule has 0 radical (unpaired) electrons. The number of nitrogens with one attached hydrogen (secondary N) is 2. The van der Waals surface area contributed by atoms with Gasteiger partial charge in [0.15, 0.2) is 5.76 Å². The van der Waals surface area contributed by atoms with Crippen LogP contribution >= 0.6 is 0 Å². The fourth-order valence-electron chi connectivity index (χ4n) is 2.77. The maximum atomic E-state index is 12.1. The molecule has 1 fully saturated rings. The average molecular weight is 331 g/mol. The lowest BCUT2D eigenvalue weighted by molar-refractivity contribution is 0.0923. The van der Waals surface area contributed by atoms with Crippen molar-refractivity contribution < 1.29 is 9.21 Å². The van der Waals surface area contributed by atoms with E-state index in [1.807, 2.05) is 6.07 Å². The first-order valence-electron chi connectivity index (χ1n) is 8.05. The van der Waals surface area contributed by atoms with Gasteiger partial charge in [-0.1, -0.05) is 0 Å². The van der Waals surface area contributed by atoms with Gasteiger partial charge in [-0.05, 0) is 38.1 Å². The molecule has 8 heteroatoms. The van der Waals surface area contributed by atoms with Gasteiger partial charge in [-0.2, -0.15) is 0 Å². The second-order valence-electron chi connectivity index (χ2n) is 5.87. The van der Waals surface area contributed by atoms with Crippen LogP contribution in [-0.2, 0) is 13.0 Å². The van der Waals surface area contributed by atoms with Gasteiger partial charge in [0, 0.05) is 19.0 Å². The van der Waals surface area contributed by atoms with Gasteiger partial charge in [0.25, 0.3) is 11.5 Å². The van der Waals surface area contributed by atoms with Gasteiger partial charge in [0.05, 0.1) is 6.54 Å². The maximum Gasteiger partial charge on any atom is 0.287 e. The molecular formula is C16H21N5O3. The standard InChI is InChI=1S/C16H21N5O3/c17-13-9-15(22)20-14(19-13)5-6-18-16(23)12-4-3-11(24-12)10-21-7-1-2-8-21/h3-4,9H,1-2,5-8,10H2,(H,18,23)(H3,17,19,20,22). The van der Waals surface area contributed by atoms with Crippen molar-refractivity contribution in [2.45, 2.75) is 25.8 Å². The van der Waals surface area contributed by atoms with E-state index < -0.39 is 0 Å². The summed E-state index contributed by atoms with van der Waals surface area (Å²) in [6, 6.07) is 4.73. The van der Waals surface area contributed by atoms with Gasteiger partial charge < -0.3 is 20.5 Å². The Bertz CT molecular complexity index is 761. The van der Waals surface area contributed by atoms with Crippen molar-refractivity contribution >= 4 is 11.7 Å². The van der Waals surface area contributed by atoms with E-state index in [2.05, 4.69) is 20.2 Å². The second-order valence-corrected chi connectivity index (χ2v) is 5.87. The van der Waals surface area contributed by atoms with E-state index in [1.54, 1.807) is 6.07 Å². The monoisotopic (exact) mass is 331 g/mol. The number of nitrogens with zero attached hydrogens (tertiary/aromatic N) is 2. The molecule has 0 aromatic carbocycles. The number of rotatable bonds is 6. The van der Waals surface area contributed by atoms with Gasteiger partial charge in [0.2, 0.25) is 0 Å². The third kappa shape index (κ3) is 4.23. The minimum atomic E-state index is -0.304. The number of hydrogen-bond acceptors (Lipinski definition) is 6. The molecule has 1 aliphatic heterocycles. The third-order valence-corrected chi connectivity index (χ3v) is 3.92. The van der Waals surface area contributed by atoms with Crippen molar-refractivity contribution in [1.29, 1.82) is 0 Å². The van der Waals surface area contributed by atoms with E-state index in [9.17, 15) is 9.59 Å². The number of aromatic amines is 1. The van der Waals surface area contributed by atoms with Crippen molar-refractivity contribution in [3.63, 3.8) is 0 Å². The molecule has 1 amide bonds. The summed E-state index contributed by atoms with van der Waals surface area (Å²) in [4.78, 5) is 32.3. The fraction of sp³-hybridized carbons (Fsp3) is 0.438. The van der Waals surface area contributed by atoms with Crippen molar-refractivity contribution in [3.8, 4) is 0 Å². The minimum absolute atomic E-state index is 0.165. The molecule has 3 heterocycles. The number of nitrogens with two attached hydrogens (primary N) is 1. The summed E-state index contributed by atoms with van der Waals surface area (Å²) in [5.74, 6) is 1.41. The molecule has 1 saturated heterocycles. The first-order chi connectivity index (χ1) is 11.6. The van der Waals surface area contributed by atoms with Crippen LogP contribution in [0.1, 0.15) is 35.0 Å². The molecule has 0 atom stereocenters. The maximum absolute atomic E-state index is 12.1. The number of likely N-dealkylation sites (tertiary alicyclic amines) is 1. The molecule has 1 aliphatic rings. The summed E-state index contributed by atoms with van der Waals surface area (Å²) in [5.41, 5.74) is 5.21. The Morgan fingerprint density at radius 1 is 1.38 bits per heavy atom. The summed E-state index contributed by atoms with van der Waals surface area (Å²) >= 11 is 0. The van der Waals surface area contributed by atoms with Crippen molar-refractivity contribution in [2.75, 3.05) is 25.4 Å². The Hall–Kier alpha value is -2.61. The van der Waals surface area contributed by atoms with Crippen LogP contribution in [0.4, 0.5) is 5.82 Å². The topological polar surface area (TPSA) is 117 Å². The number of carbonyl (C=O) groups excluding carboxylic acids is 1. The highest BCUT2D eigenvalue weighted by Gasteiger charge is 2.16. The Balaban J connectivity index is 1.49. The highest BCUT2D eigenvalue weighted by molar-refractivity contribution is 5.91. The molecular weight excluding hydrogens is 310 g/mol. The Kier molecular flexibility index (Phi) is 4.95. The molecule has 0 bridgehead atoms. The molecule has 0 unspecified atom stereocenters. The lowest BCUT2D eigenvalue weighted by atomic mass is 10.3. The lowest BCUT2D eigenvalue weighted by Gasteiger charge is -2.11. The molecule has 24 heavy (non-hydrogen) atoms. The SMILES string of the molecule is Nc1cc(=O)[nH]c(CCNC(=O)c2ccc(CN3CCCC3)o2)n1. The van der Waals surface area contributed by atoms with Crippen LogP contribution in [0.3, 0.4) is 0 Å². The summed E-state index contributed by atoms with van der Waals surface area (Å²) in [5, 5.41) is 2.74. The number of nitrogen functional groups attached to an aromatic ring is 1. The second kappa shape index (κ2) is 7.31. The van der Waals surface area contributed by atoms with E-state index >= 15 is 0 Å². The van der Waals surface area contributed by atoms with Crippen LogP contribution in [0.2, 0.25) is 0 Å². The normalized spacial score (nSPS) is 14.8. The number of furan rings is 1. The number of hydrogen-bond donors (Lipinski definition) is 3. The number of amides is 1. The van der Waals surface area contributed by atoms with Crippen LogP contribution in [0, 0.1) is 0 Å². The molecule has 8 nitrogen and oxygen atoms in total. The Labute approximate surface area is 139 Å². The smallest absolute Gasteiger partial charge is 0.287 e. The molecule has 2 aromatic rings. The first-order valence-corrected chi connectivity index (χ1v) is 8.05. The van der Waals surface area contributed by atoms with E-state index in [4.69, 9.17) is 10.2 Å². The molecule has 128 valence electrons. The predicted molar refractivity (Wildman–Crippen MR) is 88.5 cm³/mol. The zero-order chi connectivity index (χ0) is 16.9. The highest BCUT2D eigenvalue weighted by atomic mass is 16.4. The fourth-order valence-corrected chi connectivity index (χ4v) is 2.77. The molecule has 4 N–H and O–H groups in total. The van der Waals surface area contributed by atoms with Gasteiger partial charge in [-0.3, -0.25) is 14.5 Å². The van der Waals surface area contributed by atoms with E-state index in [0.717, 1.165) is 25.4 Å². The van der Waals surface area contributed by atoms with E-state index in [0.29, 0.717) is 24.6 Å². The van der Waals surface area contributed by atoms with Crippen LogP contribution < -0.4 is 16.6 Å². The minimum Gasteiger partial charge on any atom is -0.455 e. The van der Waals surface area contributed by atoms with Crippen molar-refractivity contribution in [1.82, 2.24) is 20.2 Å². The number of aromatic nitrogens is 2. The summed E-state index contributed by atoms with van der Waals surface area (Å²) in [7, 11) is 0. The van der Waals surface area contributed by atoms with Gasteiger partial charge in [0.1, 0.15) is 17.4 Å². The average Bonchev–Trinajstić information content (AvgIpc) is 3.18. The number of H-pyrrole nitrogens is 1. The van der Waals surface area contributed by atoms with Crippen molar-refractivity contribution in [2.24, 2.45) is 0 Å². The quantitative estimate of drug-likeness (QED) is 0.710. The molecule has 0 saturated carbocycles. The summed E-state index contributed by atoms with van der Waals surface area (Å²) in [6.45, 7) is 3.22. The third-order valence-electron chi connectivity index (χ3n) is 3.92. The first kappa shape index (κ1) is 16.3. The van der Waals surface area contributed by atoms with Crippen LogP contribution in [0.5, 0.6) is 0 Å². The zero-order valence-corrected chi connectivity index (χ0v) is 13.4. The highest BCUT2D eigenvalue weighted by Crippen LogP contribution is 2.15. The Morgan fingerprint density at radius 3 is 2.92 bits per heavy atom. The van der Waals surface area contributed by atoms with Crippen LogP contribution in [-0.4, -0.2) is 40.4 Å². The summed E-state index contributed by atoms with van der Waals surface area (Å²) < 4.78 is 5.60. The zero-order valence-electron chi connectivity index (χ0n) is 13.4. The van der Waals surface area contributed by atoms with Gasteiger partial charge in [-0.15, -0.1) is 0 Å². The van der Waals surface area contributed by atoms with Crippen LogP contribution in [0.15, 0.2) is 27.4 Å². The van der Waals surface area contributed by atoms with E-state index in [-0.39, 0.29) is 17.3 Å². The number of anilines is 1. The van der Waals surface area contributed by atoms with Crippen molar-refractivity contribution in [3.05, 3.63) is 45.9 Å². The largest absolute Gasteiger partial charge is 0.455 e. The predicted octanol–water partition coefficient (Wildman–Crippen LogP) is 0.513. The molecule has 2 aromatic heterocycles.